The molecule has 0 spiro atoms. The lowest BCUT2D eigenvalue weighted by atomic mass is 10.1. The number of nitrogens with one attached hydrogen (secondary N) is 1. The quantitative estimate of drug-likeness (QED) is 0.837. The first-order chi connectivity index (χ1) is 12.0. The number of hydrogen-bond donors (Lipinski definition) is 2. The lowest BCUT2D eigenvalue weighted by Crippen LogP contribution is -2.28. The average Bonchev–Trinajstić information content (AvgIpc) is 3.22. The summed E-state index contributed by atoms with van der Waals surface area (Å²) in [5, 5.41) is 6.90. The standard InChI is InChI=1S/C17H19N5O3/c1-2-21-10-11(9-15(21)23)17(25)19-12-3-5-13(6-4-12)22-8-7-14(20-22)16(18)24/h3-8,11H,2,9-10H2,1H3,(H2,18,24)(H,19,25)/t11-/m1/s1. The van der Waals surface area contributed by atoms with Gasteiger partial charge in [0.2, 0.25) is 11.8 Å². The second-order valence-electron chi connectivity index (χ2n) is 5.88. The molecule has 1 fully saturated rings. The highest BCUT2D eigenvalue weighted by Crippen LogP contribution is 2.20. The van der Waals surface area contributed by atoms with Gasteiger partial charge in [-0.15, -0.1) is 0 Å². The fraction of sp³-hybridized carbons (Fsp3) is 0.294. The van der Waals surface area contributed by atoms with Crippen LogP contribution in [0.3, 0.4) is 0 Å². The van der Waals surface area contributed by atoms with Gasteiger partial charge in [-0.2, -0.15) is 5.10 Å². The van der Waals surface area contributed by atoms with Gasteiger partial charge in [-0.3, -0.25) is 14.4 Å². The maximum Gasteiger partial charge on any atom is 0.269 e. The number of carbonyl (C=O) groups excluding carboxylic acids is 3. The summed E-state index contributed by atoms with van der Waals surface area (Å²) in [6.45, 7) is 2.98. The van der Waals surface area contributed by atoms with Crippen molar-refractivity contribution in [2.45, 2.75) is 13.3 Å². The molecule has 3 rings (SSSR count). The predicted octanol–water partition coefficient (Wildman–Crippen LogP) is 0.778. The smallest absolute Gasteiger partial charge is 0.269 e. The molecule has 1 saturated heterocycles. The fourth-order valence-electron chi connectivity index (χ4n) is 2.79. The van der Waals surface area contributed by atoms with Crippen LogP contribution in [0.15, 0.2) is 36.5 Å². The Bertz CT molecular complexity index is 812. The number of aromatic nitrogens is 2. The maximum atomic E-state index is 12.3. The summed E-state index contributed by atoms with van der Waals surface area (Å²) in [4.78, 5) is 36.8. The van der Waals surface area contributed by atoms with E-state index in [0.29, 0.717) is 18.8 Å². The van der Waals surface area contributed by atoms with Crippen molar-refractivity contribution < 1.29 is 14.4 Å². The monoisotopic (exact) mass is 341 g/mol. The fourth-order valence-corrected chi connectivity index (χ4v) is 2.79. The van der Waals surface area contributed by atoms with Gasteiger partial charge < -0.3 is 16.0 Å². The molecule has 1 aromatic carbocycles. The molecule has 2 heterocycles. The zero-order chi connectivity index (χ0) is 18.0. The van der Waals surface area contributed by atoms with Gasteiger partial charge in [0.05, 0.1) is 11.6 Å². The van der Waals surface area contributed by atoms with E-state index in [9.17, 15) is 14.4 Å². The second kappa shape index (κ2) is 6.76. The van der Waals surface area contributed by atoms with Crippen molar-refractivity contribution in [2.24, 2.45) is 11.7 Å². The number of anilines is 1. The van der Waals surface area contributed by atoms with Crippen molar-refractivity contribution in [2.75, 3.05) is 18.4 Å². The molecule has 1 atom stereocenters. The summed E-state index contributed by atoms with van der Waals surface area (Å²) in [5.41, 5.74) is 6.74. The van der Waals surface area contributed by atoms with E-state index in [4.69, 9.17) is 5.73 Å². The molecule has 0 unspecified atom stereocenters. The third-order valence-corrected chi connectivity index (χ3v) is 4.21. The minimum Gasteiger partial charge on any atom is -0.364 e. The molecule has 8 heteroatoms. The highest BCUT2D eigenvalue weighted by molar-refractivity contribution is 5.97. The van der Waals surface area contributed by atoms with Gasteiger partial charge in [0, 0.05) is 31.4 Å². The van der Waals surface area contributed by atoms with Crippen LogP contribution in [0.1, 0.15) is 23.8 Å². The highest BCUT2D eigenvalue weighted by atomic mass is 16.2. The Labute approximate surface area is 144 Å². The van der Waals surface area contributed by atoms with Gasteiger partial charge in [0.1, 0.15) is 5.69 Å². The van der Waals surface area contributed by atoms with Crippen LogP contribution in [0.25, 0.3) is 5.69 Å². The van der Waals surface area contributed by atoms with Crippen molar-refractivity contribution in [1.82, 2.24) is 14.7 Å². The van der Waals surface area contributed by atoms with E-state index in [2.05, 4.69) is 10.4 Å². The molecule has 8 nitrogen and oxygen atoms in total. The van der Waals surface area contributed by atoms with E-state index in [-0.39, 0.29) is 29.8 Å². The lowest BCUT2D eigenvalue weighted by molar-refractivity contribution is -0.128. The van der Waals surface area contributed by atoms with Crippen molar-refractivity contribution in [3.63, 3.8) is 0 Å². The van der Waals surface area contributed by atoms with Crippen LogP contribution in [-0.4, -0.2) is 45.5 Å². The molecule has 1 aromatic heterocycles. The molecular weight excluding hydrogens is 322 g/mol. The van der Waals surface area contributed by atoms with E-state index in [1.165, 1.54) is 10.7 Å². The number of benzene rings is 1. The molecule has 2 aromatic rings. The first-order valence-corrected chi connectivity index (χ1v) is 8.02. The van der Waals surface area contributed by atoms with Crippen molar-refractivity contribution in [3.05, 3.63) is 42.2 Å². The highest BCUT2D eigenvalue weighted by Gasteiger charge is 2.33. The summed E-state index contributed by atoms with van der Waals surface area (Å²) in [5.74, 6) is -1.06. The summed E-state index contributed by atoms with van der Waals surface area (Å²) in [7, 11) is 0. The van der Waals surface area contributed by atoms with Gasteiger partial charge in [-0.25, -0.2) is 4.68 Å². The molecule has 3 N–H and O–H groups in total. The predicted molar refractivity (Wildman–Crippen MR) is 91.1 cm³/mol. The number of hydrogen-bond acceptors (Lipinski definition) is 4. The minimum atomic E-state index is -0.588. The van der Waals surface area contributed by atoms with Crippen molar-refractivity contribution >= 4 is 23.4 Å². The first kappa shape index (κ1) is 16.7. The number of rotatable bonds is 5. The topological polar surface area (TPSA) is 110 Å². The summed E-state index contributed by atoms with van der Waals surface area (Å²) in [6.07, 6.45) is 1.89. The molecule has 0 radical (unpaired) electrons. The molecule has 130 valence electrons. The Kier molecular flexibility index (Phi) is 4.51. The average molecular weight is 341 g/mol. The summed E-state index contributed by atoms with van der Waals surface area (Å²) in [6, 6.07) is 8.56. The van der Waals surface area contributed by atoms with Crippen molar-refractivity contribution in [3.8, 4) is 5.69 Å². The number of nitrogens with zero attached hydrogens (tertiary/aromatic N) is 3. The summed E-state index contributed by atoms with van der Waals surface area (Å²) >= 11 is 0. The van der Waals surface area contributed by atoms with E-state index >= 15 is 0 Å². The Morgan fingerprint density at radius 3 is 2.56 bits per heavy atom. The zero-order valence-corrected chi connectivity index (χ0v) is 13.8. The zero-order valence-electron chi connectivity index (χ0n) is 13.8. The number of amides is 3. The number of likely N-dealkylation sites (tertiary alicyclic amines) is 1. The number of primary amides is 1. The second-order valence-corrected chi connectivity index (χ2v) is 5.88. The van der Waals surface area contributed by atoms with Gasteiger partial charge >= 0.3 is 0 Å². The molecular formula is C17H19N5O3. The molecule has 1 aliphatic rings. The Morgan fingerprint density at radius 2 is 2.00 bits per heavy atom. The largest absolute Gasteiger partial charge is 0.364 e. The van der Waals surface area contributed by atoms with E-state index in [1.807, 2.05) is 6.92 Å². The van der Waals surface area contributed by atoms with Crippen LogP contribution < -0.4 is 11.1 Å². The van der Waals surface area contributed by atoms with Gasteiger partial charge in [0.25, 0.3) is 5.91 Å². The minimum absolute atomic E-state index is 0.0157. The molecule has 0 bridgehead atoms. The molecule has 3 amide bonds. The Morgan fingerprint density at radius 1 is 1.28 bits per heavy atom. The van der Waals surface area contributed by atoms with Crippen LogP contribution in [0.2, 0.25) is 0 Å². The molecule has 25 heavy (non-hydrogen) atoms. The number of nitrogens with two attached hydrogens (primary N) is 1. The third-order valence-electron chi connectivity index (χ3n) is 4.21. The van der Waals surface area contributed by atoms with Crippen molar-refractivity contribution in [1.29, 1.82) is 0 Å². The third kappa shape index (κ3) is 3.52. The SMILES string of the molecule is CCN1C[C@H](C(=O)Nc2ccc(-n3ccc(C(N)=O)n3)cc2)CC1=O. The van der Waals surface area contributed by atoms with E-state index in [1.54, 1.807) is 35.4 Å². The van der Waals surface area contributed by atoms with Crippen LogP contribution >= 0.6 is 0 Å². The van der Waals surface area contributed by atoms with E-state index < -0.39 is 5.91 Å². The van der Waals surface area contributed by atoms with Crippen LogP contribution in [-0.2, 0) is 9.59 Å². The lowest BCUT2D eigenvalue weighted by Gasteiger charge is -2.13. The van der Waals surface area contributed by atoms with Gasteiger partial charge in [-0.05, 0) is 37.3 Å². The Balaban J connectivity index is 1.65. The Hall–Kier alpha value is -3.16. The first-order valence-electron chi connectivity index (χ1n) is 8.02. The van der Waals surface area contributed by atoms with Crippen LogP contribution in [0, 0.1) is 5.92 Å². The normalized spacial score (nSPS) is 16.9. The van der Waals surface area contributed by atoms with E-state index in [0.717, 1.165) is 5.69 Å². The van der Waals surface area contributed by atoms with Gasteiger partial charge in [0.15, 0.2) is 0 Å². The van der Waals surface area contributed by atoms with Crippen LogP contribution in [0.4, 0.5) is 5.69 Å². The van der Waals surface area contributed by atoms with Crippen LogP contribution in [0.5, 0.6) is 0 Å². The number of carbonyl (C=O) groups is 3. The molecule has 1 aliphatic heterocycles. The summed E-state index contributed by atoms with van der Waals surface area (Å²) < 4.78 is 1.53. The molecule has 0 aliphatic carbocycles. The molecule has 0 saturated carbocycles. The van der Waals surface area contributed by atoms with Gasteiger partial charge in [-0.1, -0.05) is 0 Å². The maximum absolute atomic E-state index is 12.3.